The topological polar surface area (TPSA) is 136 Å². The van der Waals surface area contributed by atoms with Crippen LogP contribution in [0.25, 0.3) is 0 Å². The van der Waals surface area contributed by atoms with Crippen molar-refractivity contribution < 1.29 is 83.6 Å². The molecule has 49 heavy (non-hydrogen) atoms. The minimum Gasteiger partial charge on any atom is -0.460 e. The summed E-state index contributed by atoms with van der Waals surface area (Å²) in [5.74, 6) is -14.6. The van der Waals surface area contributed by atoms with E-state index in [2.05, 4.69) is 11.3 Å². The fraction of sp³-hybridized carbons (Fsp3) is 0.677. The van der Waals surface area contributed by atoms with Crippen molar-refractivity contribution in [1.29, 1.82) is 0 Å². The Kier molecular flexibility index (Phi) is 26.1. The van der Waals surface area contributed by atoms with Gasteiger partial charge in [0.15, 0.2) is 0 Å². The summed E-state index contributed by atoms with van der Waals surface area (Å²) in [6, 6.07) is 0. The number of esters is 2. The maximum Gasteiger partial charge on any atom is 0.333 e. The zero-order chi connectivity index (χ0) is 36.1. The highest BCUT2D eigenvalue weighted by Gasteiger charge is 2.28. The Bertz CT molecular complexity index is 1050. The molecule has 0 saturated heterocycles. The molecule has 0 unspecified atom stereocenters. The summed E-state index contributed by atoms with van der Waals surface area (Å²) in [5.41, 5.74) is 0.345. The van der Waals surface area contributed by atoms with Gasteiger partial charge in [0.05, 0.1) is 125 Å². The minimum absolute atomic E-state index is 0.0751. The lowest BCUT2D eigenvalue weighted by molar-refractivity contribution is -0.140. The zero-order valence-corrected chi connectivity index (χ0v) is 27.5. The summed E-state index contributed by atoms with van der Waals surface area (Å²) in [5, 5.41) is 0. The molecule has 282 valence electrons. The lowest BCUT2D eigenvalue weighted by Gasteiger charge is -2.09. The number of carbonyl (C=O) groups excluding carboxylic acids is 2. The van der Waals surface area contributed by atoms with Crippen LogP contribution >= 0.6 is 0 Å². The molecule has 1 aromatic carbocycles. The normalized spacial score (nSPS) is 11.2. The van der Waals surface area contributed by atoms with E-state index in [4.69, 9.17) is 47.4 Å². The largest absolute Gasteiger partial charge is 0.460 e. The van der Waals surface area contributed by atoms with Crippen molar-refractivity contribution in [3.05, 3.63) is 41.2 Å². The van der Waals surface area contributed by atoms with E-state index in [0.717, 1.165) is 0 Å². The minimum atomic E-state index is -2.35. The monoisotopic (exact) mass is 720 g/mol. The molecule has 0 aliphatic heterocycles. The molecule has 0 spiro atoms. The van der Waals surface area contributed by atoms with Crippen molar-refractivity contribution in [2.24, 2.45) is 0 Å². The molecular formula is C31H45F5O13. The third kappa shape index (κ3) is 21.8. The Hall–Kier alpha value is -2.81. The van der Waals surface area contributed by atoms with Crippen LogP contribution in [-0.2, 0) is 57.0 Å². The molecule has 0 aliphatic carbocycles. The zero-order valence-electron chi connectivity index (χ0n) is 27.5. The van der Waals surface area contributed by atoms with Gasteiger partial charge < -0.3 is 52.1 Å². The third-order valence-electron chi connectivity index (χ3n) is 5.62. The number of hydrogen-bond donors (Lipinski definition) is 0. The van der Waals surface area contributed by atoms with Gasteiger partial charge in [-0.3, -0.25) is 4.79 Å². The van der Waals surface area contributed by atoms with Gasteiger partial charge in [-0.1, -0.05) is 6.58 Å². The predicted molar refractivity (Wildman–Crippen MR) is 160 cm³/mol. The maximum atomic E-state index is 13.5. The smallest absolute Gasteiger partial charge is 0.333 e. The van der Waals surface area contributed by atoms with Crippen molar-refractivity contribution >= 4 is 11.9 Å². The summed E-state index contributed by atoms with van der Waals surface area (Å²) in [7, 11) is 0. The number of carbonyl (C=O) groups is 2. The Labute approximate surface area is 281 Å². The number of hydrogen-bond acceptors (Lipinski definition) is 13. The van der Waals surface area contributed by atoms with Crippen LogP contribution in [0.1, 0.15) is 13.3 Å². The molecule has 13 nitrogen and oxygen atoms in total. The van der Waals surface area contributed by atoms with E-state index >= 15 is 0 Å². The van der Waals surface area contributed by atoms with Crippen molar-refractivity contribution in [2.45, 2.75) is 13.3 Å². The van der Waals surface area contributed by atoms with E-state index in [1.807, 2.05) is 0 Å². The maximum absolute atomic E-state index is 13.5. The van der Waals surface area contributed by atoms with Crippen LogP contribution in [0.15, 0.2) is 12.2 Å². The second-order valence-corrected chi connectivity index (χ2v) is 9.55. The van der Waals surface area contributed by atoms with Gasteiger partial charge in [-0.05, 0) is 6.92 Å². The molecule has 0 aliphatic rings. The van der Waals surface area contributed by atoms with Gasteiger partial charge in [-0.2, -0.15) is 8.78 Å². The summed E-state index contributed by atoms with van der Waals surface area (Å²) >= 11 is 0. The van der Waals surface area contributed by atoms with Gasteiger partial charge in [-0.25, -0.2) is 18.0 Å². The molecule has 0 saturated carbocycles. The molecule has 0 atom stereocenters. The molecule has 0 amide bonds. The quantitative estimate of drug-likeness (QED) is 0.0206. The lowest BCUT2D eigenvalue weighted by Crippen LogP contribution is -2.16. The Balaban J connectivity index is 1.76. The highest BCUT2D eigenvalue weighted by Crippen LogP contribution is 2.29. The Morgan fingerprint density at radius 2 is 0.714 bits per heavy atom. The van der Waals surface area contributed by atoms with E-state index < -0.39 is 53.2 Å². The van der Waals surface area contributed by atoms with Gasteiger partial charge >= 0.3 is 11.9 Å². The molecule has 0 bridgehead atoms. The number of ether oxygens (including phenoxy) is 11. The van der Waals surface area contributed by atoms with Crippen molar-refractivity contribution in [2.75, 3.05) is 126 Å². The first-order chi connectivity index (χ1) is 23.7. The van der Waals surface area contributed by atoms with Crippen LogP contribution in [-0.4, -0.2) is 137 Å². The molecular weight excluding hydrogens is 675 g/mol. The fourth-order valence-corrected chi connectivity index (χ4v) is 3.17. The summed E-state index contributed by atoms with van der Waals surface area (Å²) < 4.78 is 123. The predicted octanol–water partition coefficient (Wildman–Crippen LogP) is 2.95. The fourth-order valence-electron chi connectivity index (χ4n) is 3.17. The van der Waals surface area contributed by atoms with Crippen molar-refractivity contribution in [3.8, 4) is 5.75 Å². The third-order valence-corrected chi connectivity index (χ3v) is 5.62. The summed E-state index contributed by atoms with van der Waals surface area (Å²) in [4.78, 5) is 22.8. The van der Waals surface area contributed by atoms with Gasteiger partial charge in [0.1, 0.15) is 6.61 Å². The standard InChI is InChI=1S/C31H45F5O13/c1-23(2)31(38)48-22-21-47-20-19-46-18-17-45-16-15-44-14-13-43-12-11-42-10-9-41-8-7-40-6-5-39-4-3-24(37)49-30-28(35)26(33)25(32)27(34)29(30)36/h1,3-22H2,2H3. The molecule has 18 heteroatoms. The highest BCUT2D eigenvalue weighted by atomic mass is 19.2. The van der Waals surface area contributed by atoms with Gasteiger partial charge in [0.25, 0.3) is 0 Å². The second kappa shape index (κ2) is 29.0. The summed E-state index contributed by atoms with van der Waals surface area (Å²) in [6.07, 6.45) is -0.491. The first-order valence-electron chi connectivity index (χ1n) is 15.4. The van der Waals surface area contributed by atoms with Gasteiger partial charge in [0.2, 0.25) is 34.8 Å². The molecule has 0 heterocycles. The SMILES string of the molecule is C=C(C)C(=O)OCCOCCOCCOCCOCCOCCOCCOCCOCCOCCC(=O)Oc1c(F)c(F)c(F)c(F)c1F. The summed E-state index contributed by atoms with van der Waals surface area (Å²) in [6.45, 7) is 10.9. The first kappa shape index (κ1) is 44.2. The molecule has 0 fully saturated rings. The highest BCUT2D eigenvalue weighted by molar-refractivity contribution is 5.86. The van der Waals surface area contributed by atoms with E-state index in [1.165, 1.54) is 0 Å². The van der Waals surface area contributed by atoms with Crippen LogP contribution in [0.2, 0.25) is 0 Å². The van der Waals surface area contributed by atoms with E-state index in [0.29, 0.717) is 98.1 Å². The molecule has 1 rings (SSSR count). The van der Waals surface area contributed by atoms with Gasteiger partial charge in [-0.15, -0.1) is 0 Å². The number of rotatable bonds is 32. The van der Waals surface area contributed by atoms with Crippen molar-refractivity contribution in [1.82, 2.24) is 0 Å². The van der Waals surface area contributed by atoms with E-state index in [-0.39, 0.29) is 33.0 Å². The average molecular weight is 721 g/mol. The van der Waals surface area contributed by atoms with Gasteiger partial charge in [0, 0.05) is 5.57 Å². The van der Waals surface area contributed by atoms with E-state index in [9.17, 15) is 31.5 Å². The Morgan fingerprint density at radius 1 is 0.449 bits per heavy atom. The van der Waals surface area contributed by atoms with Crippen LogP contribution < -0.4 is 4.74 Å². The molecule has 1 aromatic rings. The van der Waals surface area contributed by atoms with Crippen LogP contribution in [0.4, 0.5) is 22.0 Å². The van der Waals surface area contributed by atoms with Crippen molar-refractivity contribution in [3.63, 3.8) is 0 Å². The Morgan fingerprint density at radius 3 is 1.02 bits per heavy atom. The van der Waals surface area contributed by atoms with E-state index in [1.54, 1.807) is 6.92 Å². The van der Waals surface area contributed by atoms with Crippen LogP contribution in [0, 0.1) is 29.1 Å². The van der Waals surface area contributed by atoms with Crippen LogP contribution in [0.3, 0.4) is 0 Å². The molecule has 0 N–H and O–H groups in total. The second-order valence-electron chi connectivity index (χ2n) is 9.55. The van der Waals surface area contributed by atoms with Crippen LogP contribution in [0.5, 0.6) is 5.75 Å². The average Bonchev–Trinajstić information content (AvgIpc) is 3.09. The number of halogens is 5. The lowest BCUT2D eigenvalue weighted by atomic mass is 10.2. The molecule has 0 radical (unpaired) electrons. The number of benzene rings is 1. The molecule has 0 aromatic heterocycles. The first-order valence-corrected chi connectivity index (χ1v) is 15.4.